The Morgan fingerprint density at radius 3 is 2.53 bits per heavy atom. The lowest BCUT2D eigenvalue weighted by Crippen LogP contribution is -2.66. The van der Waals surface area contributed by atoms with Crippen LogP contribution in [0.3, 0.4) is 0 Å². The van der Waals surface area contributed by atoms with Crippen LogP contribution in [0.5, 0.6) is 0 Å². The molecule has 0 radical (unpaired) electrons. The molecule has 1 unspecified atom stereocenters. The van der Waals surface area contributed by atoms with Crippen LogP contribution in [0.1, 0.15) is 24.0 Å². The van der Waals surface area contributed by atoms with E-state index in [-0.39, 0.29) is 30.4 Å². The summed E-state index contributed by atoms with van der Waals surface area (Å²) in [5.74, 6) is -0.422. The maximum absolute atomic E-state index is 13.5. The number of nitrogens with zero attached hydrogens (tertiary/aromatic N) is 4. The van der Waals surface area contributed by atoms with Crippen LogP contribution < -0.4 is 5.32 Å². The molecule has 3 aliphatic heterocycles. The van der Waals surface area contributed by atoms with Crippen LogP contribution >= 0.6 is 11.3 Å². The molecule has 0 aliphatic carbocycles. The number of nitrogens with one attached hydrogen (secondary N) is 1. The number of thiophene rings is 1. The summed E-state index contributed by atoms with van der Waals surface area (Å²) in [4.78, 5) is 37.9. The van der Waals surface area contributed by atoms with Gasteiger partial charge in [-0.2, -0.15) is 11.3 Å². The molecule has 6 rings (SSSR count). The topological polar surface area (TPSA) is 114 Å². The molecule has 10 heteroatoms. The van der Waals surface area contributed by atoms with Crippen molar-refractivity contribution in [1.82, 2.24) is 15.0 Å². The Bertz CT molecular complexity index is 1140. The lowest BCUT2D eigenvalue weighted by molar-refractivity contribution is -0.939. The highest BCUT2D eigenvalue weighted by atomic mass is 32.1. The van der Waals surface area contributed by atoms with Gasteiger partial charge in [0.1, 0.15) is 19.2 Å². The van der Waals surface area contributed by atoms with Gasteiger partial charge in [-0.05, 0) is 22.4 Å². The second-order valence-electron chi connectivity index (χ2n) is 9.01. The first-order valence-corrected chi connectivity index (χ1v) is 12.2. The van der Waals surface area contributed by atoms with Crippen molar-refractivity contribution in [3.8, 4) is 0 Å². The Morgan fingerprint density at radius 2 is 1.85 bits per heavy atom. The summed E-state index contributed by atoms with van der Waals surface area (Å²) < 4.78 is 6.56. The van der Waals surface area contributed by atoms with Gasteiger partial charge in [0, 0.05) is 24.3 Å². The second-order valence-corrected chi connectivity index (χ2v) is 9.79. The van der Waals surface area contributed by atoms with E-state index in [1.165, 1.54) is 24.0 Å². The van der Waals surface area contributed by atoms with Gasteiger partial charge in [-0.3, -0.25) is 10.1 Å². The number of piperidine rings is 3. The normalized spacial score (nSPS) is 25.3. The molecular weight excluding hydrogens is 454 g/mol. The number of aliphatic hydroxyl groups is 1. The molecule has 3 fully saturated rings. The van der Waals surface area contributed by atoms with Gasteiger partial charge in [0.25, 0.3) is 5.91 Å². The number of amides is 1. The number of carbonyl (C=O) groups excluding carboxylic acids is 2. The third kappa shape index (κ3) is 4.31. The molecule has 176 valence electrons. The Morgan fingerprint density at radius 1 is 1.12 bits per heavy atom. The molecule has 2 bridgehead atoms. The zero-order chi connectivity index (χ0) is 23.6. The summed E-state index contributed by atoms with van der Waals surface area (Å²) in [6, 6.07) is 10.6. The molecule has 2 aromatic heterocycles. The number of hydrogen-bond acceptors (Lipinski definition) is 8. The summed E-state index contributed by atoms with van der Waals surface area (Å²) in [6.07, 6.45) is 4.02. The van der Waals surface area contributed by atoms with E-state index in [0.717, 1.165) is 25.9 Å². The van der Waals surface area contributed by atoms with E-state index in [1.807, 2.05) is 11.4 Å². The number of aromatic nitrogens is 3. The van der Waals surface area contributed by atoms with Crippen molar-refractivity contribution in [2.75, 3.05) is 31.5 Å². The minimum atomic E-state index is -1.88. The first-order valence-electron chi connectivity index (χ1n) is 11.3. The third-order valence-corrected chi connectivity index (χ3v) is 7.63. The molecule has 0 spiro atoms. The summed E-state index contributed by atoms with van der Waals surface area (Å²) in [5, 5.41) is 17.9. The highest BCUT2D eigenvalue weighted by Gasteiger charge is 2.51. The van der Waals surface area contributed by atoms with Crippen LogP contribution in [0.15, 0.2) is 59.8 Å². The van der Waals surface area contributed by atoms with E-state index in [9.17, 15) is 14.7 Å². The zero-order valence-corrected chi connectivity index (χ0v) is 19.4. The summed E-state index contributed by atoms with van der Waals surface area (Å²) >= 11 is 1.41. The van der Waals surface area contributed by atoms with Gasteiger partial charge in [-0.25, -0.2) is 19.7 Å². The SMILES string of the molecule is O=C(C[N+]12CCC(CC1)C(OC(=O)[C@@](O)(c1ccccc1)c1ccsc1)C2)Nc1ncncn1. The fourth-order valence-corrected chi connectivity index (χ4v) is 5.82. The van der Waals surface area contributed by atoms with Gasteiger partial charge in [0.15, 0.2) is 12.6 Å². The van der Waals surface area contributed by atoms with E-state index in [0.29, 0.717) is 22.2 Å². The van der Waals surface area contributed by atoms with E-state index < -0.39 is 11.6 Å². The zero-order valence-electron chi connectivity index (χ0n) is 18.5. The highest BCUT2D eigenvalue weighted by Crippen LogP contribution is 2.38. The molecular formula is C24H26N5O4S+. The maximum atomic E-state index is 13.5. The number of ether oxygens (including phenoxy) is 1. The highest BCUT2D eigenvalue weighted by molar-refractivity contribution is 7.08. The van der Waals surface area contributed by atoms with E-state index in [1.54, 1.807) is 35.7 Å². The van der Waals surface area contributed by atoms with E-state index in [4.69, 9.17) is 4.74 Å². The molecule has 2 atom stereocenters. The molecule has 1 amide bonds. The molecule has 0 saturated carbocycles. The quantitative estimate of drug-likeness (QED) is 0.392. The van der Waals surface area contributed by atoms with Crippen molar-refractivity contribution in [3.63, 3.8) is 0 Å². The minimum Gasteiger partial charge on any atom is -0.453 e. The first-order chi connectivity index (χ1) is 16.5. The number of fused-ring (bicyclic) bond motifs is 3. The molecule has 5 heterocycles. The van der Waals surface area contributed by atoms with Crippen molar-refractivity contribution in [1.29, 1.82) is 0 Å². The average Bonchev–Trinajstić information content (AvgIpc) is 3.40. The molecule has 9 nitrogen and oxygen atoms in total. The van der Waals surface area contributed by atoms with E-state index >= 15 is 0 Å². The van der Waals surface area contributed by atoms with Gasteiger partial charge in [-0.15, -0.1) is 0 Å². The van der Waals surface area contributed by atoms with Crippen LogP contribution in [0, 0.1) is 5.92 Å². The number of esters is 1. The fraction of sp³-hybridized carbons (Fsp3) is 0.375. The van der Waals surface area contributed by atoms with Gasteiger partial charge in [0.05, 0.1) is 13.1 Å². The van der Waals surface area contributed by atoms with E-state index in [2.05, 4.69) is 20.3 Å². The summed E-state index contributed by atoms with van der Waals surface area (Å²) in [5.41, 5.74) is -0.912. The second kappa shape index (κ2) is 9.21. The van der Waals surface area contributed by atoms with Gasteiger partial charge in [-0.1, -0.05) is 30.3 Å². The minimum absolute atomic E-state index is 0.185. The van der Waals surface area contributed by atoms with Crippen LogP contribution in [-0.4, -0.2) is 68.7 Å². The monoisotopic (exact) mass is 480 g/mol. The van der Waals surface area contributed by atoms with Crippen molar-refractivity contribution in [2.24, 2.45) is 5.92 Å². The largest absolute Gasteiger partial charge is 0.453 e. The molecule has 3 saturated heterocycles. The predicted molar refractivity (Wildman–Crippen MR) is 125 cm³/mol. The average molecular weight is 481 g/mol. The number of carbonyl (C=O) groups is 2. The molecule has 3 aliphatic rings. The fourth-order valence-electron chi connectivity index (χ4n) is 5.12. The summed E-state index contributed by atoms with van der Waals surface area (Å²) in [7, 11) is 0. The molecule has 3 aromatic rings. The number of quaternary nitrogens is 1. The Labute approximate surface area is 201 Å². The lowest BCUT2D eigenvalue weighted by atomic mass is 9.82. The number of hydrogen-bond donors (Lipinski definition) is 2. The van der Waals surface area contributed by atoms with Crippen molar-refractivity contribution >= 4 is 29.2 Å². The number of rotatable bonds is 7. The molecule has 34 heavy (non-hydrogen) atoms. The number of benzene rings is 1. The van der Waals surface area contributed by atoms with Crippen molar-refractivity contribution in [2.45, 2.75) is 24.5 Å². The summed E-state index contributed by atoms with van der Waals surface area (Å²) in [6.45, 7) is 2.48. The van der Waals surface area contributed by atoms with Crippen LogP contribution in [-0.2, 0) is 19.9 Å². The van der Waals surface area contributed by atoms with Gasteiger partial charge in [0.2, 0.25) is 11.5 Å². The van der Waals surface area contributed by atoms with Crippen LogP contribution in [0.2, 0.25) is 0 Å². The first kappa shape index (κ1) is 22.6. The Balaban J connectivity index is 1.32. The maximum Gasteiger partial charge on any atom is 0.348 e. The molecule has 2 N–H and O–H groups in total. The van der Waals surface area contributed by atoms with Gasteiger partial charge < -0.3 is 14.3 Å². The third-order valence-electron chi connectivity index (χ3n) is 6.95. The Hall–Kier alpha value is -3.21. The van der Waals surface area contributed by atoms with Crippen molar-refractivity contribution in [3.05, 3.63) is 70.9 Å². The van der Waals surface area contributed by atoms with Crippen LogP contribution in [0.4, 0.5) is 5.95 Å². The van der Waals surface area contributed by atoms with Crippen LogP contribution in [0.25, 0.3) is 0 Å². The molecule has 1 aromatic carbocycles. The lowest BCUT2D eigenvalue weighted by Gasteiger charge is -2.51. The van der Waals surface area contributed by atoms with Gasteiger partial charge >= 0.3 is 5.97 Å². The standard InChI is InChI=1S/C24H25N5O4S/c30-21(28-23-26-15-25-16-27-23)13-29-9-6-17(7-10-29)20(12-29)33-22(31)24(32,19-8-11-34-14-19)18-4-2-1-3-5-18/h1-5,8,11,14-17,20,32H,6-7,9-10,12-13H2/p+1/t17?,20?,24-,29?/m1/s1. The predicted octanol–water partition coefficient (Wildman–Crippen LogP) is 1.96. The smallest absolute Gasteiger partial charge is 0.348 e. The number of anilines is 1. The van der Waals surface area contributed by atoms with Crippen molar-refractivity contribution < 1.29 is 23.9 Å². The Kier molecular flexibility index (Phi) is 6.11.